The minimum absolute atomic E-state index is 0.0211. The van der Waals surface area contributed by atoms with E-state index in [2.05, 4.69) is 10.3 Å². The molecule has 4 rings (SSSR count). The lowest BCUT2D eigenvalue weighted by molar-refractivity contribution is -0.119. The molecular formula is C25H27N3O3S. The number of nitrogens with zero attached hydrogens (tertiary/aromatic N) is 2. The van der Waals surface area contributed by atoms with Crippen LogP contribution in [0.15, 0.2) is 65.3 Å². The first-order valence-corrected chi connectivity index (χ1v) is 11.9. The fourth-order valence-corrected chi connectivity index (χ4v) is 4.80. The van der Waals surface area contributed by atoms with Crippen molar-refractivity contribution in [3.63, 3.8) is 0 Å². The van der Waals surface area contributed by atoms with Crippen molar-refractivity contribution in [1.29, 1.82) is 0 Å². The molecule has 1 aliphatic heterocycles. The molecule has 0 saturated heterocycles. The Morgan fingerprint density at radius 2 is 1.84 bits per heavy atom. The lowest BCUT2D eigenvalue weighted by Gasteiger charge is -2.23. The fourth-order valence-electron chi connectivity index (χ4n) is 3.98. The quantitative estimate of drug-likeness (QED) is 0.653. The van der Waals surface area contributed by atoms with Crippen molar-refractivity contribution in [1.82, 2.24) is 5.32 Å². The van der Waals surface area contributed by atoms with E-state index in [1.165, 1.54) is 18.2 Å². The molecule has 0 aromatic heterocycles. The van der Waals surface area contributed by atoms with Gasteiger partial charge in [-0.3, -0.25) is 14.5 Å². The highest BCUT2D eigenvalue weighted by molar-refractivity contribution is 8.14. The molecular weight excluding hydrogens is 422 g/mol. The number of amidine groups is 1. The number of nitrogens with one attached hydrogen (secondary N) is 1. The van der Waals surface area contributed by atoms with Crippen LogP contribution >= 0.6 is 11.8 Å². The van der Waals surface area contributed by atoms with Crippen LogP contribution in [0.1, 0.15) is 37.7 Å². The first kappa shape index (κ1) is 22.1. The summed E-state index contributed by atoms with van der Waals surface area (Å²) < 4.78 is 5.40. The maximum atomic E-state index is 13.3. The van der Waals surface area contributed by atoms with E-state index in [1.54, 1.807) is 18.1 Å². The second-order valence-electron chi connectivity index (χ2n) is 7.83. The third-order valence-corrected chi connectivity index (χ3v) is 6.52. The highest BCUT2D eigenvalue weighted by Gasteiger charge is 2.32. The molecule has 0 spiro atoms. The number of ether oxygens (including phenoxy) is 1. The van der Waals surface area contributed by atoms with Crippen LogP contribution in [0.4, 0.5) is 5.69 Å². The molecule has 1 heterocycles. The van der Waals surface area contributed by atoms with Crippen LogP contribution in [0.2, 0.25) is 0 Å². The van der Waals surface area contributed by atoms with Gasteiger partial charge in [-0.25, -0.2) is 4.99 Å². The Morgan fingerprint density at radius 3 is 2.59 bits per heavy atom. The minimum Gasteiger partial charge on any atom is -0.496 e. The maximum Gasteiger partial charge on any atom is 0.283 e. The first-order valence-electron chi connectivity index (χ1n) is 10.9. The second-order valence-corrected chi connectivity index (χ2v) is 8.78. The number of carbonyl (C=O) groups excluding carboxylic acids is 2. The fraction of sp³-hybridized carbons (Fsp3) is 0.320. The van der Waals surface area contributed by atoms with E-state index in [-0.39, 0.29) is 23.6 Å². The van der Waals surface area contributed by atoms with Crippen molar-refractivity contribution in [2.45, 2.75) is 38.1 Å². The van der Waals surface area contributed by atoms with Crippen LogP contribution in [-0.4, -0.2) is 35.9 Å². The van der Waals surface area contributed by atoms with Gasteiger partial charge in [-0.2, -0.15) is 0 Å². The van der Waals surface area contributed by atoms with Crippen molar-refractivity contribution in [3.05, 3.63) is 65.9 Å². The second kappa shape index (κ2) is 10.5. The highest BCUT2D eigenvalue weighted by Crippen LogP contribution is 2.30. The van der Waals surface area contributed by atoms with Gasteiger partial charge in [-0.15, -0.1) is 0 Å². The van der Waals surface area contributed by atoms with Gasteiger partial charge in [0.15, 0.2) is 5.17 Å². The normalized spacial score (nSPS) is 18.0. The zero-order chi connectivity index (χ0) is 22.3. The lowest BCUT2D eigenvalue weighted by Crippen LogP contribution is -2.38. The molecule has 1 N–H and O–H groups in total. The highest BCUT2D eigenvalue weighted by atomic mass is 32.2. The molecule has 2 aliphatic rings. The number of aliphatic imine (C=N–C) groups is 1. The van der Waals surface area contributed by atoms with E-state index < -0.39 is 0 Å². The predicted molar refractivity (Wildman–Crippen MR) is 130 cm³/mol. The number of carbonyl (C=O) groups is 2. The van der Waals surface area contributed by atoms with Crippen molar-refractivity contribution in [2.75, 3.05) is 17.8 Å². The van der Waals surface area contributed by atoms with E-state index in [0.29, 0.717) is 16.6 Å². The molecule has 2 amide bonds. The summed E-state index contributed by atoms with van der Waals surface area (Å²) in [6, 6.07) is 17.1. The number of hydrogen-bond acceptors (Lipinski definition) is 5. The van der Waals surface area contributed by atoms with Gasteiger partial charge in [0, 0.05) is 11.6 Å². The summed E-state index contributed by atoms with van der Waals surface area (Å²) in [4.78, 5) is 32.0. The number of anilines is 1. The summed E-state index contributed by atoms with van der Waals surface area (Å²) in [5.74, 6) is 0.639. The summed E-state index contributed by atoms with van der Waals surface area (Å²) in [6.45, 7) is 0. The SMILES string of the molecule is COc1ccccc1/C=C1\N=C(SCC(=O)NC2CCCCC2)N(c2ccccc2)C1=O. The smallest absolute Gasteiger partial charge is 0.283 e. The summed E-state index contributed by atoms with van der Waals surface area (Å²) in [7, 11) is 1.60. The molecule has 6 nitrogen and oxygen atoms in total. The molecule has 0 bridgehead atoms. The van der Waals surface area contributed by atoms with Crippen LogP contribution < -0.4 is 15.0 Å². The molecule has 32 heavy (non-hydrogen) atoms. The predicted octanol–water partition coefficient (Wildman–Crippen LogP) is 4.62. The van der Waals surface area contributed by atoms with E-state index >= 15 is 0 Å². The van der Waals surface area contributed by atoms with Gasteiger partial charge in [-0.1, -0.05) is 67.4 Å². The molecule has 7 heteroatoms. The maximum absolute atomic E-state index is 13.3. The number of thioether (sulfide) groups is 1. The van der Waals surface area contributed by atoms with Gasteiger partial charge >= 0.3 is 0 Å². The van der Waals surface area contributed by atoms with Crippen LogP contribution in [0, 0.1) is 0 Å². The van der Waals surface area contributed by atoms with Gasteiger partial charge < -0.3 is 10.1 Å². The van der Waals surface area contributed by atoms with Crippen LogP contribution in [0.5, 0.6) is 5.75 Å². The van der Waals surface area contributed by atoms with E-state index in [1.807, 2.05) is 54.6 Å². The number of methoxy groups -OCH3 is 1. The molecule has 0 unspecified atom stereocenters. The first-order chi connectivity index (χ1) is 15.7. The van der Waals surface area contributed by atoms with E-state index in [4.69, 9.17) is 4.74 Å². The van der Waals surface area contributed by atoms with Gasteiger partial charge in [0.25, 0.3) is 5.91 Å². The molecule has 1 fully saturated rings. The van der Waals surface area contributed by atoms with E-state index in [9.17, 15) is 9.59 Å². The number of amides is 2. The molecule has 2 aromatic carbocycles. The Hall–Kier alpha value is -3.06. The van der Waals surface area contributed by atoms with E-state index in [0.717, 1.165) is 36.9 Å². The molecule has 166 valence electrons. The minimum atomic E-state index is -0.225. The van der Waals surface area contributed by atoms with Gasteiger partial charge in [0.2, 0.25) is 5.91 Å². The molecule has 2 aromatic rings. The van der Waals surface area contributed by atoms with Gasteiger partial charge in [0.1, 0.15) is 11.4 Å². The molecule has 0 radical (unpaired) electrons. The zero-order valence-electron chi connectivity index (χ0n) is 18.1. The number of para-hydroxylation sites is 2. The average Bonchev–Trinajstić information content (AvgIpc) is 3.14. The Kier molecular flexibility index (Phi) is 7.27. The third kappa shape index (κ3) is 5.22. The zero-order valence-corrected chi connectivity index (χ0v) is 18.9. The van der Waals surface area contributed by atoms with Crippen molar-refractivity contribution in [3.8, 4) is 5.75 Å². The third-order valence-electron chi connectivity index (χ3n) is 5.58. The summed E-state index contributed by atoms with van der Waals surface area (Å²) in [5, 5.41) is 3.63. The summed E-state index contributed by atoms with van der Waals surface area (Å²) in [6.07, 6.45) is 7.38. The summed E-state index contributed by atoms with van der Waals surface area (Å²) >= 11 is 1.28. The Labute approximate surface area is 192 Å². The van der Waals surface area contributed by atoms with Crippen molar-refractivity contribution in [2.24, 2.45) is 4.99 Å². The topological polar surface area (TPSA) is 71.0 Å². The van der Waals surface area contributed by atoms with Crippen molar-refractivity contribution < 1.29 is 14.3 Å². The Balaban J connectivity index is 1.55. The Bertz CT molecular complexity index is 1030. The largest absolute Gasteiger partial charge is 0.496 e. The lowest BCUT2D eigenvalue weighted by atomic mass is 9.95. The van der Waals surface area contributed by atoms with Gasteiger partial charge in [0.05, 0.1) is 18.6 Å². The average molecular weight is 450 g/mol. The number of hydrogen-bond donors (Lipinski definition) is 1. The number of rotatable bonds is 6. The van der Waals surface area contributed by atoms with Crippen LogP contribution in [0.25, 0.3) is 6.08 Å². The van der Waals surface area contributed by atoms with Crippen molar-refractivity contribution >= 4 is 40.5 Å². The summed E-state index contributed by atoms with van der Waals surface area (Å²) in [5.41, 5.74) is 1.81. The van der Waals surface area contributed by atoms with Crippen LogP contribution in [-0.2, 0) is 9.59 Å². The molecule has 1 saturated carbocycles. The Morgan fingerprint density at radius 1 is 1.12 bits per heavy atom. The number of benzene rings is 2. The van der Waals surface area contributed by atoms with Crippen LogP contribution in [0.3, 0.4) is 0 Å². The van der Waals surface area contributed by atoms with Gasteiger partial charge in [-0.05, 0) is 37.1 Å². The monoisotopic (exact) mass is 449 g/mol. The molecule has 1 aliphatic carbocycles. The standard InChI is InChI=1S/C25H27N3O3S/c1-31-22-15-9-8-10-18(22)16-21-24(30)28(20-13-6-3-7-14-20)25(27-21)32-17-23(29)26-19-11-4-2-5-12-19/h3,6-10,13-16,19H,2,4-5,11-12,17H2,1H3,(H,26,29)/b21-16-. The molecule has 0 atom stereocenters.